The smallest absolute Gasteiger partial charge is 0.341 e. The van der Waals surface area contributed by atoms with E-state index in [-0.39, 0.29) is 50.0 Å². The molecule has 0 amide bonds. The molecule has 3 saturated heterocycles. The number of rotatable bonds is 23. The number of ether oxygens (including phenoxy) is 7. The van der Waals surface area contributed by atoms with E-state index in [1.807, 2.05) is 38.9 Å². The number of methoxy groups -OCH3 is 1. The molecule has 0 aliphatic carbocycles. The summed E-state index contributed by atoms with van der Waals surface area (Å²) in [6.07, 6.45) is -7.49. The molecule has 2 aromatic rings. The predicted molar refractivity (Wildman–Crippen MR) is 317 cm³/mol. The van der Waals surface area contributed by atoms with Crippen molar-refractivity contribution in [2.75, 3.05) is 79.6 Å². The number of carbonyl (C=O) groups is 3. The number of carboxylic acids is 1. The largest absolute Gasteiger partial charge is 0.477 e. The van der Waals surface area contributed by atoms with Crippen LogP contribution in [-0.4, -0.2) is 223 Å². The van der Waals surface area contributed by atoms with Crippen molar-refractivity contribution < 1.29 is 77.9 Å². The molecule has 23 heteroatoms. The summed E-state index contributed by atoms with van der Waals surface area (Å²) in [6, 6.07) is 5.07. The molecule has 478 valence electrons. The lowest BCUT2D eigenvalue weighted by Crippen LogP contribution is -2.61. The van der Waals surface area contributed by atoms with E-state index in [4.69, 9.17) is 38.0 Å². The Bertz CT molecular complexity index is 2560. The monoisotopic (exact) mass is 1190 g/mol. The van der Waals surface area contributed by atoms with Crippen molar-refractivity contribution in [2.24, 2.45) is 28.8 Å². The van der Waals surface area contributed by atoms with E-state index in [2.05, 4.69) is 29.2 Å². The Morgan fingerprint density at radius 1 is 0.905 bits per heavy atom. The molecule has 0 saturated carbocycles. The van der Waals surface area contributed by atoms with Crippen LogP contribution in [0.2, 0.25) is 0 Å². The zero-order valence-electron chi connectivity index (χ0n) is 53.0. The number of aliphatic hydroxyl groups excluding tert-OH is 2. The number of pyridine rings is 1. The number of fused-ring (bicyclic) bond motifs is 1. The highest BCUT2D eigenvalue weighted by atomic mass is 16.7. The number of aliphatic hydroxyl groups is 4. The molecule has 0 bridgehead atoms. The van der Waals surface area contributed by atoms with E-state index >= 15 is 0 Å². The second-order valence-electron chi connectivity index (χ2n) is 24.7. The first kappa shape index (κ1) is 70.4. The van der Waals surface area contributed by atoms with Crippen LogP contribution < -0.4 is 15.8 Å². The highest BCUT2D eigenvalue weighted by Crippen LogP contribution is 2.42. The molecular formula is C61H102N6O17. The van der Waals surface area contributed by atoms with Crippen LogP contribution in [0.1, 0.15) is 138 Å². The zero-order valence-corrected chi connectivity index (χ0v) is 53.0. The van der Waals surface area contributed by atoms with Crippen molar-refractivity contribution in [3.05, 3.63) is 45.7 Å². The number of cyclic esters (lactones) is 1. The number of nitrogens with zero attached hydrogens (tertiary/aromatic N) is 5. The van der Waals surface area contributed by atoms with Gasteiger partial charge in [0.05, 0.1) is 59.7 Å². The van der Waals surface area contributed by atoms with Gasteiger partial charge in [0.25, 0.3) is 0 Å². The van der Waals surface area contributed by atoms with Gasteiger partial charge in [0.2, 0.25) is 5.43 Å². The predicted octanol–water partition coefficient (Wildman–Crippen LogP) is 4.31. The summed E-state index contributed by atoms with van der Waals surface area (Å²) in [5.74, 6) is -6.10. The number of aromatic nitrogens is 1. The molecule has 1 aromatic heterocycles. The van der Waals surface area contributed by atoms with Gasteiger partial charge in [-0.25, -0.2) is 4.79 Å². The number of hydrogen-bond donors (Lipinski definition) is 6. The summed E-state index contributed by atoms with van der Waals surface area (Å²) >= 11 is 0. The van der Waals surface area contributed by atoms with Crippen molar-refractivity contribution >= 4 is 34.5 Å². The number of oxime groups is 1. The topological polar surface area (TPSA) is 282 Å². The lowest BCUT2D eigenvalue weighted by molar-refractivity contribution is -0.318. The SMILES string of the molecule is CC[C@H]1OC(=O)[C@H](C)[C@@H](O[C@H]2C[C@@](C)(OC)[C@@H](OC(=O)CCNCCCc3ccc4c(c3)c(=O)c(C(=O)O)cn4N(C)C)[C@H](C)O2)[C@H](C)[C@@H](O[C@@H]2O[C@H](C)C[C@H](N(C)C)[C@H]2O)[C@](C)(O)C[C@@H](C)C(=NOCCN(CC)CC)[C@H](C)[C@@H](O)[C@]1(C)O. The molecule has 6 N–H and O–H groups in total. The first-order chi connectivity index (χ1) is 39.4. The maximum Gasteiger partial charge on any atom is 0.341 e. The Balaban J connectivity index is 1.39. The molecular weight excluding hydrogens is 1090 g/mol. The quantitative estimate of drug-likeness (QED) is 0.0514. The summed E-state index contributed by atoms with van der Waals surface area (Å²) in [5, 5.41) is 68.9. The number of likely N-dealkylation sites (N-methyl/N-ethyl adjacent to an activating group) is 2. The first-order valence-electron chi connectivity index (χ1n) is 30.1. The van der Waals surface area contributed by atoms with Gasteiger partial charge in [0, 0.05) is 76.1 Å². The molecule has 84 heavy (non-hydrogen) atoms. The maximum absolute atomic E-state index is 14.8. The van der Waals surface area contributed by atoms with Gasteiger partial charge in [-0.15, -0.1) is 0 Å². The second kappa shape index (κ2) is 30.5. The minimum atomic E-state index is -2.00. The van der Waals surface area contributed by atoms with E-state index in [0.717, 1.165) is 18.7 Å². The van der Waals surface area contributed by atoms with E-state index < -0.39 is 119 Å². The van der Waals surface area contributed by atoms with Crippen LogP contribution >= 0.6 is 0 Å². The lowest BCUT2D eigenvalue weighted by Gasteiger charge is -2.49. The number of carboxylic acid groups (broad SMARTS) is 1. The standard InChI is InChI=1S/C61H102N6O17/c1-18-46-61(12,76)53(71)37(6)49(63-78-29-28-66(19-2)20-3)35(4)32-59(10,75)54(84-58-51(70)45(64(13)14)30-36(5)79-58)38(7)52(39(8)57(74)81-46)83-48-33-60(11,77-17)55(40(9)80-48)82-47(68)25-27-62-26-21-22-41-23-24-44-42(31-41)50(69)43(56(72)73)34-67(44)65(15)16/h23-24,31,34-40,45-46,48,51-55,58,62,70-71,75-76H,18-22,25-30,32-33H2,1-17H3,(H,72,73)/t35-,36-,37+,38+,39-,40+,45+,46-,48+,51-,52+,53-,54-,55+,58+,59-,60-,61-/m1/s1. The highest BCUT2D eigenvalue weighted by Gasteiger charge is 2.54. The highest BCUT2D eigenvalue weighted by molar-refractivity contribution is 5.93. The van der Waals surface area contributed by atoms with Gasteiger partial charge in [0.15, 0.2) is 18.7 Å². The summed E-state index contributed by atoms with van der Waals surface area (Å²) in [6.45, 7) is 24.5. The van der Waals surface area contributed by atoms with Gasteiger partial charge >= 0.3 is 17.9 Å². The molecule has 0 unspecified atom stereocenters. The van der Waals surface area contributed by atoms with E-state index in [0.29, 0.717) is 55.5 Å². The maximum atomic E-state index is 14.8. The fourth-order valence-corrected chi connectivity index (χ4v) is 12.6. The van der Waals surface area contributed by atoms with Crippen LogP contribution in [-0.2, 0) is 54.0 Å². The van der Waals surface area contributed by atoms with Crippen LogP contribution in [0.15, 0.2) is 34.3 Å². The minimum absolute atomic E-state index is 0.0142. The third-order valence-corrected chi connectivity index (χ3v) is 17.7. The summed E-state index contributed by atoms with van der Waals surface area (Å²) in [7, 11) is 8.74. The Hall–Kier alpha value is -4.37. The summed E-state index contributed by atoms with van der Waals surface area (Å²) < 4.78 is 46.8. The van der Waals surface area contributed by atoms with Crippen LogP contribution in [0.3, 0.4) is 0 Å². The number of nitrogens with one attached hydrogen (secondary N) is 1. The normalized spacial score (nSPS) is 35.2. The van der Waals surface area contributed by atoms with E-state index in [9.17, 15) is 44.7 Å². The van der Waals surface area contributed by atoms with E-state index in [1.165, 1.54) is 20.2 Å². The molecule has 4 heterocycles. The fourth-order valence-electron chi connectivity index (χ4n) is 12.6. The lowest BCUT2D eigenvalue weighted by atomic mass is 9.73. The van der Waals surface area contributed by atoms with Crippen molar-refractivity contribution in [3.8, 4) is 0 Å². The van der Waals surface area contributed by atoms with Crippen LogP contribution in [0, 0.1) is 23.7 Å². The van der Waals surface area contributed by atoms with Gasteiger partial charge < -0.3 is 83.7 Å². The van der Waals surface area contributed by atoms with Crippen LogP contribution in [0.5, 0.6) is 0 Å². The molecule has 5 rings (SSSR count). The molecule has 18 atom stereocenters. The molecule has 1 aromatic carbocycles. The zero-order chi connectivity index (χ0) is 62.8. The Kier molecular flexibility index (Phi) is 25.6. The third-order valence-electron chi connectivity index (χ3n) is 17.7. The molecule has 23 nitrogen and oxygen atoms in total. The number of esters is 2. The number of carbonyl (C=O) groups excluding carboxylic acids is 2. The minimum Gasteiger partial charge on any atom is -0.477 e. The second-order valence-corrected chi connectivity index (χ2v) is 24.7. The van der Waals surface area contributed by atoms with Crippen LogP contribution in [0.25, 0.3) is 10.9 Å². The average Bonchev–Trinajstić information content (AvgIpc) is 2.25. The summed E-state index contributed by atoms with van der Waals surface area (Å²) in [4.78, 5) is 63.3. The van der Waals surface area contributed by atoms with Gasteiger partial charge in [-0.2, -0.15) is 0 Å². The number of hydrogen-bond acceptors (Lipinski definition) is 21. The van der Waals surface area contributed by atoms with Gasteiger partial charge in [-0.1, -0.05) is 52.8 Å². The molecule has 3 aliphatic rings. The summed E-state index contributed by atoms with van der Waals surface area (Å²) in [5.41, 5.74) is -4.06. The Labute approximate surface area is 497 Å². The van der Waals surface area contributed by atoms with Crippen molar-refractivity contribution in [2.45, 2.75) is 212 Å². The number of aromatic carboxylic acids is 1. The van der Waals surface area contributed by atoms with Gasteiger partial charge in [0.1, 0.15) is 35.6 Å². The molecule has 3 aliphatic heterocycles. The molecule has 3 fully saturated rings. The van der Waals surface area contributed by atoms with Crippen molar-refractivity contribution in [3.63, 3.8) is 0 Å². The molecule has 0 radical (unpaired) electrons. The number of benzene rings is 1. The number of aryl methyl sites for hydroxylation is 1. The van der Waals surface area contributed by atoms with Gasteiger partial charge in [-0.05, 0) is 125 Å². The Morgan fingerprint density at radius 3 is 2.19 bits per heavy atom. The van der Waals surface area contributed by atoms with Crippen molar-refractivity contribution in [1.29, 1.82) is 0 Å². The molecule has 0 spiro atoms. The van der Waals surface area contributed by atoms with Gasteiger partial charge in [-0.3, -0.25) is 19.1 Å². The van der Waals surface area contributed by atoms with Crippen LogP contribution in [0.4, 0.5) is 0 Å². The third kappa shape index (κ3) is 17.0. The average molecular weight is 1190 g/mol. The van der Waals surface area contributed by atoms with Crippen molar-refractivity contribution in [1.82, 2.24) is 19.8 Å². The Morgan fingerprint density at radius 2 is 1.58 bits per heavy atom. The fraction of sp³-hybridized carbons (Fsp3) is 0.787. The van der Waals surface area contributed by atoms with E-state index in [1.54, 1.807) is 84.4 Å². The first-order valence-corrected chi connectivity index (χ1v) is 30.1.